The molecule has 0 aromatic heterocycles. The largest absolute Gasteiger partial charge is 0.453 e. The van der Waals surface area contributed by atoms with Crippen molar-refractivity contribution in [2.45, 2.75) is 48.4 Å². The van der Waals surface area contributed by atoms with Crippen LogP contribution in [-0.4, -0.2) is 20.3 Å². The van der Waals surface area contributed by atoms with Gasteiger partial charge in [0.15, 0.2) is 0 Å². The van der Waals surface area contributed by atoms with Gasteiger partial charge in [0.25, 0.3) is 0 Å². The molecule has 0 N–H and O–H groups in total. The zero-order valence-corrected chi connectivity index (χ0v) is 10.3. The number of hydrogen-bond donors (Lipinski definition) is 0. The zero-order valence-electron chi connectivity index (χ0n) is 10.3. The predicted octanol–water partition coefficient (Wildman–Crippen LogP) is 3.23. The van der Waals surface area contributed by atoms with E-state index in [1.165, 1.54) is 0 Å². The van der Waals surface area contributed by atoms with Gasteiger partial charge in [-0.1, -0.05) is 41.5 Å². The van der Waals surface area contributed by atoms with Crippen molar-refractivity contribution in [3.63, 3.8) is 0 Å². The van der Waals surface area contributed by atoms with Crippen LogP contribution in [0.5, 0.6) is 0 Å². The van der Waals surface area contributed by atoms with E-state index in [2.05, 4.69) is 13.8 Å². The molecule has 0 amide bonds. The summed E-state index contributed by atoms with van der Waals surface area (Å²) in [5.41, 5.74) is 0.215. The summed E-state index contributed by atoms with van der Waals surface area (Å²) in [4.78, 5) is 0. The van der Waals surface area contributed by atoms with E-state index in [9.17, 15) is 0 Å². The number of rotatable bonds is 0. The second-order valence-corrected chi connectivity index (χ2v) is 3.35. The van der Waals surface area contributed by atoms with Crippen LogP contribution in [0.1, 0.15) is 41.5 Å². The van der Waals surface area contributed by atoms with Crippen molar-refractivity contribution >= 4 is 7.12 Å². The van der Waals surface area contributed by atoms with Gasteiger partial charge in [-0.25, -0.2) is 0 Å². The van der Waals surface area contributed by atoms with E-state index in [1.807, 2.05) is 34.5 Å². The minimum absolute atomic E-state index is 0.00183. The van der Waals surface area contributed by atoms with E-state index < -0.39 is 0 Å². The first-order valence-electron chi connectivity index (χ1n) is 5.33. The Morgan fingerprint density at radius 2 is 1.23 bits per heavy atom. The van der Waals surface area contributed by atoms with Crippen molar-refractivity contribution in [2.75, 3.05) is 13.2 Å². The number of hydrogen-bond acceptors (Lipinski definition) is 2. The normalized spacial score (nSPS) is 19.2. The van der Waals surface area contributed by atoms with Gasteiger partial charge >= 0.3 is 7.12 Å². The van der Waals surface area contributed by atoms with Gasteiger partial charge in [0, 0.05) is 18.6 Å². The van der Waals surface area contributed by atoms with Gasteiger partial charge < -0.3 is 9.31 Å². The highest BCUT2D eigenvalue weighted by atomic mass is 16.6. The molecule has 80 valence electrons. The van der Waals surface area contributed by atoms with Crippen LogP contribution >= 0.6 is 0 Å². The molecular formula is C10H25BO2. The van der Waals surface area contributed by atoms with Gasteiger partial charge in [-0.15, -0.1) is 0 Å². The molecule has 0 aromatic carbocycles. The SMILES string of the molecule is CB1OCC(C)(C)CO1.CC.CC. The molecule has 0 bridgehead atoms. The summed E-state index contributed by atoms with van der Waals surface area (Å²) in [6.45, 7) is 15.8. The third-order valence-electron chi connectivity index (χ3n) is 1.42. The fraction of sp³-hybridized carbons (Fsp3) is 1.00. The fourth-order valence-corrected chi connectivity index (χ4v) is 0.776. The zero-order chi connectivity index (χ0) is 10.9. The topological polar surface area (TPSA) is 18.5 Å². The van der Waals surface area contributed by atoms with E-state index in [-0.39, 0.29) is 12.5 Å². The van der Waals surface area contributed by atoms with Gasteiger partial charge in [-0.3, -0.25) is 0 Å². The molecule has 0 spiro atoms. The van der Waals surface area contributed by atoms with Crippen LogP contribution in [0.15, 0.2) is 0 Å². The molecule has 0 aromatic rings. The lowest BCUT2D eigenvalue weighted by atomic mass is 9.86. The Balaban J connectivity index is 0. The molecule has 0 unspecified atom stereocenters. The molecule has 0 radical (unpaired) electrons. The average molecular weight is 188 g/mol. The molecule has 0 saturated carbocycles. The predicted molar refractivity (Wildman–Crippen MR) is 60.0 cm³/mol. The summed E-state index contributed by atoms with van der Waals surface area (Å²) < 4.78 is 10.5. The van der Waals surface area contributed by atoms with Crippen molar-refractivity contribution < 1.29 is 9.31 Å². The summed E-state index contributed by atoms with van der Waals surface area (Å²) in [6, 6.07) is 0. The molecule has 3 heteroatoms. The standard InChI is InChI=1S/C6H13BO2.2C2H6/c1-6(2)4-8-7(3)9-5-6;2*1-2/h4-5H2,1-3H3;2*1-2H3. The first kappa shape index (κ1) is 15.5. The first-order chi connectivity index (χ1) is 6.10. The van der Waals surface area contributed by atoms with E-state index in [1.54, 1.807) is 0 Å². The van der Waals surface area contributed by atoms with E-state index in [0.717, 1.165) is 13.2 Å². The van der Waals surface area contributed by atoms with Crippen molar-refractivity contribution in [1.82, 2.24) is 0 Å². The highest BCUT2D eigenvalue weighted by Crippen LogP contribution is 2.20. The molecule has 0 aliphatic carbocycles. The first-order valence-corrected chi connectivity index (χ1v) is 5.33. The van der Waals surface area contributed by atoms with Crippen LogP contribution in [0.2, 0.25) is 6.82 Å². The van der Waals surface area contributed by atoms with Crippen molar-refractivity contribution in [3.8, 4) is 0 Å². The van der Waals surface area contributed by atoms with Crippen LogP contribution in [0.25, 0.3) is 0 Å². The lowest BCUT2D eigenvalue weighted by Gasteiger charge is -2.31. The van der Waals surface area contributed by atoms with E-state index >= 15 is 0 Å². The molecule has 1 heterocycles. The van der Waals surface area contributed by atoms with Crippen LogP contribution in [-0.2, 0) is 9.31 Å². The van der Waals surface area contributed by atoms with Crippen molar-refractivity contribution in [3.05, 3.63) is 0 Å². The molecule has 1 aliphatic heterocycles. The Morgan fingerprint density at radius 3 is 1.46 bits per heavy atom. The van der Waals surface area contributed by atoms with Gasteiger partial charge in [0.1, 0.15) is 0 Å². The average Bonchev–Trinajstić information content (AvgIpc) is 2.17. The van der Waals surface area contributed by atoms with Crippen LogP contribution in [0.3, 0.4) is 0 Å². The fourth-order valence-electron chi connectivity index (χ4n) is 0.776. The van der Waals surface area contributed by atoms with Gasteiger partial charge in [-0.2, -0.15) is 0 Å². The molecule has 1 rings (SSSR count). The summed E-state index contributed by atoms with van der Waals surface area (Å²) in [6.07, 6.45) is 0. The third kappa shape index (κ3) is 8.32. The molecular weight excluding hydrogens is 163 g/mol. The molecule has 1 fully saturated rings. The molecule has 13 heavy (non-hydrogen) atoms. The van der Waals surface area contributed by atoms with Gasteiger partial charge in [-0.05, 0) is 6.82 Å². The Bertz CT molecular complexity index is 95.1. The minimum atomic E-state index is -0.00183. The highest BCUT2D eigenvalue weighted by molar-refractivity contribution is 6.42. The van der Waals surface area contributed by atoms with Crippen molar-refractivity contribution in [1.29, 1.82) is 0 Å². The van der Waals surface area contributed by atoms with E-state index in [0.29, 0.717) is 0 Å². The van der Waals surface area contributed by atoms with Crippen molar-refractivity contribution in [2.24, 2.45) is 5.41 Å². The Labute approximate surface area is 84.1 Å². The smallest absolute Gasteiger partial charge is 0.411 e. The van der Waals surface area contributed by atoms with Crippen LogP contribution < -0.4 is 0 Å². The Morgan fingerprint density at radius 1 is 0.923 bits per heavy atom. The summed E-state index contributed by atoms with van der Waals surface area (Å²) in [5, 5.41) is 0. The maximum Gasteiger partial charge on any atom is 0.453 e. The van der Waals surface area contributed by atoms with Crippen LogP contribution in [0.4, 0.5) is 0 Å². The Hall–Kier alpha value is -0.0151. The summed E-state index contributed by atoms with van der Waals surface area (Å²) in [5.74, 6) is 0. The van der Waals surface area contributed by atoms with Gasteiger partial charge in [0.05, 0.1) is 0 Å². The molecule has 1 saturated heterocycles. The lowest BCUT2D eigenvalue weighted by Crippen LogP contribution is -2.38. The maximum absolute atomic E-state index is 5.27. The third-order valence-corrected chi connectivity index (χ3v) is 1.42. The maximum atomic E-state index is 5.27. The highest BCUT2D eigenvalue weighted by Gasteiger charge is 2.28. The lowest BCUT2D eigenvalue weighted by molar-refractivity contribution is 0.0311. The quantitative estimate of drug-likeness (QED) is 0.543. The second kappa shape index (κ2) is 8.58. The molecule has 1 aliphatic rings. The van der Waals surface area contributed by atoms with Crippen LogP contribution in [0, 0.1) is 5.41 Å². The monoisotopic (exact) mass is 188 g/mol. The molecule has 2 nitrogen and oxygen atoms in total. The van der Waals surface area contributed by atoms with E-state index in [4.69, 9.17) is 9.31 Å². The Kier molecular flexibility index (Phi) is 10.2. The second-order valence-electron chi connectivity index (χ2n) is 3.35. The summed E-state index contributed by atoms with van der Waals surface area (Å²) >= 11 is 0. The van der Waals surface area contributed by atoms with Gasteiger partial charge in [0.2, 0.25) is 0 Å². The molecule has 0 atom stereocenters. The minimum Gasteiger partial charge on any atom is -0.411 e. The summed E-state index contributed by atoms with van der Waals surface area (Å²) in [7, 11) is -0.00183.